The number of nitrogens with one attached hydrogen (secondary N) is 1. The molecule has 3 heterocycles. The third-order valence-electron chi connectivity index (χ3n) is 3.79. The van der Waals surface area contributed by atoms with E-state index in [1.54, 1.807) is 25.0 Å². The van der Waals surface area contributed by atoms with Crippen LogP contribution in [0.2, 0.25) is 0 Å². The second-order valence-electron chi connectivity index (χ2n) is 5.66. The third kappa shape index (κ3) is 2.71. The molecule has 120 valence electrons. The quantitative estimate of drug-likeness (QED) is 0.612. The fourth-order valence-corrected chi connectivity index (χ4v) is 2.71. The monoisotopic (exact) mass is 319 g/mol. The van der Waals surface area contributed by atoms with E-state index in [0.29, 0.717) is 0 Å². The van der Waals surface area contributed by atoms with Crippen molar-refractivity contribution in [2.45, 2.75) is 19.5 Å². The average Bonchev–Trinajstić information content (AvgIpc) is 3.25. The lowest BCUT2D eigenvalue weighted by molar-refractivity contribution is 0.617. The molecule has 0 fully saturated rings. The molecular formula is C17H17N7. The Kier molecular flexibility index (Phi) is 3.66. The molecule has 0 aliphatic carbocycles. The minimum atomic E-state index is 0.192. The molecule has 0 aliphatic heterocycles. The molecule has 7 nitrogen and oxygen atoms in total. The maximum absolute atomic E-state index is 4.47. The minimum Gasteiger partial charge on any atom is -0.365 e. The van der Waals surface area contributed by atoms with Gasteiger partial charge < -0.3 is 9.88 Å². The summed E-state index contributed by atoms with van der Waals surface area (Å²) in [6.07, 6.45) is 8.90. The van der Waals surface area contributed by atoms with Crippen molar-refractivity contribution in [2.24, 2.45) is 0 Å². The molecule has 24 heavy (non-hydrogen) atoms. The Morgan fingerprint density at radius 2 is 2.04 bits per heavy atom. The van der Waals surface area contributed by atoms with Gasteiger partial charge >= 0.3 is 0 Å². The lowest BCUT2D eigenvalue weighted by Crippen LogP contribution is -2.22. The van der Waals surface area contributed by atoms with Gasteiger partial charge in [-0.25, -0.2) is 19.6 Å². The summed E-state index contributed by atoms with van der Waals surface area (Å²) in [6, 6.07) is 10.1. The van der Waals surface area contributed by atoms with Gasteiger partial charge in [0.05, 0.1) is 23.6 Å². The van der Waals surface area contributed by atoms with Crippen molar-refractivity contribution in [2.75, 3.05) is 5.32 Å². The topological polar surface area (TPSA) is 73.5 Å². The number of hydrogen-bond acceptors (Lipinski definition) is 5. The molecule has 4 rings (SSSR count). The van der Waals surface area contributed by atoms with E-state index in [1.165, 1.54) is 0 Å². The van der Waals surface area contributed by atoms with Crippen LogP contribution in [-0.2, 0) is 6.54 Å². The summed E-state index contributed by atoms with van der Waals surface area (Å²) in [5.74, 6) is 0.787. The molecule has 0 aliphatic rings. The van der Waals surface area contributed by atoms with Crippen molar-refractivity contribution >= 4 is 16.9 Å². The summed E-state index contributed by atoms with van der Waals surface area (Å²) in [5, 5.41) is 8.80. The molecule has 1 atom stereocenters. The number of imidazole rings is 1. The summed E-state index contributed by atoms with van der Waals surface area (Å²) in [4.78, 5) is 12.8. The van der Waals surface area contributed by atoms with E-state index >= 15 is 0 Å². The van der Waals surface area contributed by atoms with Crippen LogP contribution in [0.5, 0.6) is 0 Å². The van der Waals surface area contributed by atoms with E-state index < -0.39 is 0 Å². The highest BCUT2D eigenvalue weighted by Gasteiger charge is 2.12. The maximum atomic E-state index is 4.47. The van der Waals surface area contributed by atoms with Gasteiger partial charge in [-0.15, -0.1) is 0 Å². The van der Waals surface area contributed by atoms with Gasteiger partial charge in [-0.05, 0) is 19.1 Å². The van der Waals surface area contributed by atoms with Crippen LogP contribution in [0.1, 0.15) is 6.92 Å². The van der Waals surface area contributed by atoms with Crippen LogP contribution < -0.4 is 5.32 Å². The molecule has 1 N–H and O–H groups in total. The number of benzene rings is 1. The molecule has 4 aromatic rings. The number of fused-ring (bicyclic) bond motifs is 1. The van der Waals surface area contributed by atoms with Gasteiger partial charge in [-0.2, -0.15) is 5.10 Å². The number of anilines is 1. The number of hydrogen-bond donors (Lipinski definition) is 1. The Morgan fingerprint density at radius 1 is 1.17 bits per heavy atom. The van der Waals surface area contributed by atoms with E-state index in [0.717, 1.165) is 29.1 Å². The summed E-state index contributed by atoms with van der Waals surface area (Å²) in [6.45, 7) is 2.91. The van der Waals surface area contributed by atoms with Crippen molar-refractivity contribution in [1.29, 1.82) is 0 Å². The third-order valence-corrected chi connectivity index (χ3v) is 3.79. The fraction of sp³-hybridized carbons (Fsp3) is 0.176. The summed E-state index contributed by atoms with van der Waals surface area (Å²) >= 11 is 0. The summed E-state index contributed by atoms with van der Waals surface area (Å²) in [7, 11) is 0. The fourth-order valence-electron chi connectivity index (χ4n) is 2.71. The van der Waals surface area contributed by atoms with Crippen molar-refractivity contribution in [1.82, 2.24) is 29.3 Å². The van der Waals surface area contributed by atoms with Crippen molar-refractivity contribution in [3.63, 3.8) is 0 Å². The molecule has 0 radical (unpaired) electrons. The number of aromatic nitrogens is 6. The van der Waals surface area contributed by atoms with Gasteiger partial charge in [0.15, 0.2) is 5.65 Å². The highest BCUT2D eigenvalue weighted by Crippen LogP contribution is 2.22. The molecule has 0 saturated carbocycles. The second-order valence-corrected chi connectivity index (χ2v) is 5.66. The first-order valence-electron chi connectivity index (χ1n) is 7.78. The molecular weight excluding hydrogens is 302 g/mol. The van der Waals surface area contributed by atoms with Crippen LogP contribution in [0.25, 0.3) is 16.7 Å². The Labute approximate surface area is 139 Å². The van der Waals surface area contributed by atoms with Crippen molar-refractivity contribution in [3.8, 4) is 5.69 Å². The van der Waals surface area contributed by atoms with E-state index in [1.807, 2.05) is 45.8 Å². The second kappa shape index (κ2) is 6.11. The first-order valence-corrected chi connectivity index (χ1v) is 7.78. The van der Waals surface area contributed by atoms with Gasteiger partial charge in [-0.3, -0.25) is 0 Å². The SMILES string of the molecule is C[C@H](Cn1ccnc1)Nc1ncnc2c1cnn2-c1ccccc1. The van der Waals surface area contributed by atoms with Crippen LogP contribution in [0.4, 0.5) is 5.82 Å². The molecule has 0 amide bonds. The molecule has 0 saturated heterocycles. The first kappa shape index (κ1) is 14.4. The van der Waals surface area contributed by atoms with E-state index in [9.17, 15) is 0 Å². The number of nitrogens with zero attached hydrogens (tertiary/aromatic N) is 6. The van der Waals surface area contributed by atoms with Gasteiger partial charge in [-0.1, -0.05) is 18.2 Å². The van der Waals surface area contributed by atoms with Crippen LogP contribution in [0.15, 0.2) is 61.6 Å². The molecule has 0 spiro atoms. The largest absolute Gasteiger partial charge is 0.365 e. The molecule has 0 unspecified atom stereocenters. The number of rotatable bonds is 5. The lowest BCUT2D eigenvalue weighted by Gasteiger charge is -2.15. The highest BCUT2D eigenvalue weighted by molar-refractivity contribution is 5.87. The zero-order chi connectivity index (χ0) is 16.4. The van der Waals surface area contributed by atoms with Crippen LogP contribution in [0.3, 0.4) is 0 Å². The maximum Gasteiger partial charge on any atom is 0.168 e. The number of para-hydroxylation sites is 1. The standard InChI is InChI=1S/C17H17N7/c1-13(10-23-8-7-18-12-23)22-16-15-9-21-24(17(15)20-11-19-16)14-5-3-2-4-6-14/h2-9,11-13H,10H2,1H3,(H,19,20,22)/t13-/m1/s1. The van der Waals surface area contributed by atoms with Gasteiger partial charge in [0.25, 0.3) is 0 Å². The van der Waals surface area contributed by atoms with Crippen molar-refractivity contribution in [3.05, 3.63) is 61.6 Å². The Bertz CT molecular complexity index is 928. The zero-order valence-electron chi connectivity index (χ0n) is 13.2. The predicted molar refractivity (Wildman–Crippen MR) is 92.0 cm³/mol. The predicted octanol–water partition coefficient (Wildman–Crippen LogP) is 2.51. The van der Waals surface area contributed by atoms with E-state index in [-0.39, 0.29) is 6.04 Å². The minimum absolute atomic E-state index is 0.192. The van der Waals surface area contributed by atoms with Gasteiger partial charge in [0, 0.05) is 25.0 Å². The molecule has 7 heteroatoms. The van der Waals surface area contributed by atoms with E-state index in [2.05, 4.69) is 32.3 Å². The average molecular weight is 319 g/mol. The van der Waals surface area contributed by atoms with Crippen LogP contribution in [-0.4, -0.2) is 35.3 Å². The Morgan fingerprint density at radius 3 is 2.83 bits per heavy atom. The van der Waals surface area contributed by atoms with Crippen LogP contribution in [0, 0.1) is 0 Å². The molecule has 3 aromatic heterocycles. The lowest BCUT2D eigenvalue weighted by atomic mass is 10.3. The molecule has 1 aromatic carbocycles. The first-order chi connectivity index (χ1) is 11.8. The smallest absolute Gasteiger partial charge is 0.168 e. The highest BCUT2D eigenvalue weighted by atomic mass is 15.3. The Hall–Kier alpha value is -3.22. The van der Waals surface area contributed by atoms with Gasteiger partial charge in [0.1, 0.15) is 12.1 Å². The van der Waals surface area contributed by atoms with Crippen molar-refractivity contribution < 1.29 is 0 Å². The summed E-state index contributed by atoms with van der Waals surface area (Å²) < 4.78 is 3.85. The van der Waals surface area contributed by atoms with Gasteiger partial charge in [0.2, 0.25) is 0 Å². The normalized spacial score (nSPS) is 12.4. The van der Waals surface area contributed by atoms with E-state index in [4.69, 9.17) is 0 Å². The Balaban J connectivity index is 1.64. The summed E-state index contributed by atoms with van der Waals surface area (Å²) in [5.41, 5.74) is 1.76. The molecule has 0 bridgehead atoms. The zero-order valence-corrected chi connectivity index (χ0v) is 13.2. The van der Waals surface area contributed by atoms with Crippen LogP contribution >= 0.6 is 0 Å².